The summed E-state index contributed by atoms with van der Waals surface area (Å²) in [4.78, 5) is 17.2. The number of rotatable bonds is 7. The van der Waals surface area contributed by atoms with Gasteiger partial charge in [0.2, 0.25) is 0 Å². The van der Waals surface area contributed by atoms with Crippen LogP contribution >= 0.6 is 0 Å². The first-order valence-corrected chi connectivity index (χ1v) is 9.13. The zero-order valence-corrected chi connectivity index (χ0v) is 16.5. The summed E-state index contributed by atoms with van der Waals surface area (Å²) < 4.78 is 12.9. The molecular formula is C22H25N3O3. The quantitative estimate of drug-likeness (QED) is 0.683. The first kappa shape index (κ1) is 19.5. The third-order valence-electron chi connectivity index (χ3n) is 4.56. The number of aromatic nitrogens is 2. The van der Waals surface area contributed by atoms with Crippen LogP contribution in [0.1, 0.15) is 29.9 Å². The van der Waals surface area contributed by atoms with Crippen molar-refractivity contribution in [1.82, 2.24) is 14.9 Å². The highest BCUT2D eigenvalue weighted by atomic mass is 16.5. The molecule has 28 heavy (non-hydrogen) atoms. The Bertz CT molecular complexity index is 917. The Morgan fingerprint density at radius 3 is 2.29 bits per heavy atom. The van der Waals surface area contributed by atoms with Crippen LogP contribution in [0.25, 0.3) is 0 Å². The third kappa shape index (κ3) is 4.52. The van der Waals surface area contributed by atoms with Gasteiger partial charge in [0, 0.05) is 19.4 Å². The molecule has 0 fully saturated rings. The Labute approximate surface area is 165 Å². The Morgan fingerprint density at radius 1 is 1.07 bits per heavy atom. The van der Waals surface area contributed by atoms with Gasteiger partial charge in [0.15, 0.2) is 6.10 Å². The molecule has 3 aromatic rings. The SMILES string of the molecule is COc1ccc([C@@H](NC(=O)[C@@H](C)Oc2ccc(C)cc2)c2nccn2C)cc1. The van der Waals surface area contributed by atoms with E-state index in [1.54, 1.807) is 20.2 Å². The molecule has 0 aliphatic carbocycles. The van der Waals surface area contributed by atoms with Gasteiger partial charge in [0.05, 0.1) is 7.11 Å². The number of carbonyl (C=O) groups excluding carboxylic acids is 1. The number of hydrogen-bond donors (Lipinski definition) is 1. The van der Waals surface area contributed by atoms with E-state index in [1.165, 1.54) is 0 Å². The van der Waals surface area contributed by atoms with Gasteiger partial charge in [-0.3, -0.25) is 4.79 Å². The van der Waals surface area contributed by atoms with Gasteiger partial charge in [-0.05, 0) is 43.7 Å². The van der Waals surface area contributed by atoms with Gasteiger partial charge in [-0.2, -0.15) is 0 Å². The fourth-order valence-electron chi connectivity index (χ4n) is 2.88. The maximum absolute atomic E-state index is 12.8. The molecule has 1 amide bonds. The molecule has 0 aliphatic heterocycles. The van der Waals surface area contributed by atoms with E-state index in [4.69, 9.17) is 9.47 Å². The van der Waals surface area contributed by atoms with Crippen molar-refractivity contribution >= 4 is 5.91 Å². The topological polar surface area (TPSA) is 65.4 Å². The lowest BCUT2D eigenvalue weighted by atomic mass is 10.1. The molecule has 0 aliphatic rings. The van der Waals surface area contributed by atoms with Crippen LogP contribution in [0.2, 0.25) is 0 Å². The zero-order chi connectivity index (χ0) is 20.1. The van der Waals surface area contributed by atoms with Gasteiger partial charge in [0.1, 0.15) is 23.4 Å². The van der Waals surface area contributed by atoms with Gasteiger partial charge < -0.3 is 19.4 Å². The number of aryl methyl sites for hydroxylation is 2. The van der Waals surface area contributed by atoms with E-state index in [-0.39, 0.29) is 5.91 Å². The first-order chi connectivity index (χ1) is 13.5. The maximum Gasteiger partial charge on any atom is 0.261 e. The number of imidazole rings is 1. The predicted molar refractivity (Wildman–Crippen MR) is 107 cm³/mol. The van der Waals surface area contributed by atoms with E-state index >= 15 is 0 Å². The molecule has 3 rings (SSSR count). The molecular weight excluding hydrogens is 354 g/mol. The van der Waals surface area contributed by atoms with E-state index in [1.807, 2.05) is 73.3 Å². The number of benzene rings is 2. The standard InChI is InChI=1S/C22H25N3O3/c1-15-5-9-19(10-6-15)28-16(2)22(26)24-20(21-23-13-14-25(21)3)17-7-11-18(27-4)12-8-17/h5-14,16,20H,1-4H3,(H,24,26)/t16-,20-/m1/s1. The summed E-state index contributed by atoms with van der Waals surface area (Å²) in [5, 5.41) is 3.06. The van der Waals surface area contributed by atoms with Gasteiger partial charge in [0.25, 0.3) is 5.91 Å². The molecule has 146 valence electrons. The molecule has 0 saturated heterocycles. The highest BCUT2D eigenvalue weighted by molar-refractivity contribution is 5.81. The summed E-state index contributed by atoms with van der Waals surface area (Å²) in [5.41, 5.74) is 2.05. The average molecular weight is 379 g/mol. The van der Waals surface area contributed by atoms with Gasteiger partial charge in [-0.15, -0.1) is 0 Å². The van der Waals surface area contributed by atoms with Gasteiger partial charge >= 0.3 is 0 Å². The van der Waals surface area contributed by atoms with Gasteiger partial charge in [-0.1, -0.05) is 29.8 Å². The van der Waals surface area contributed by atoms with Crippen molar-refractivity contribution in [3.63, 3.8) is 0 Å². The largest absolute Gasteiger partial charge is 0.497 e. The second-order valence-electron chi connectivity index (χ2n) is 6.68. The number of amides is 1. The predicted octanol–water partition coefficient (Wildman–Crippen LogP) is 3.41. The van der Waals surface area contributed by atoms with E-state index in [9.17, 15) is 4.79 Å². The minimum atomic E-state index is -0.649. The molecule has 6 nitrogen and oxygen atoms in total. The zero-order valence-electron chi connectivity index (χ0n) is 16.5. The Kier molecular flexibility index (Phi) is 5.99. The number of carbonyl (C=O) groups is 1. The lowest BCUT2D eigenvalue weighted by molar-refractivity contribution is -0.127. The van der Waals surface area contributed by atoms with Crippen LogP contribution in [0.15, 0.2) is 60.9 Å². The van der Waals surface area contributed by atoms with Crippen LogP contribution < -0.4 is 14.8 Å². The number of nitrogens with zero attached hydrogens (tertiary/aromatic N) is 2. The smallest absolute Gasteiger partial charge is 0.261 e. The Hall–Kier alpha value is -3.28. The minimum Gasteiger partial charge on any atom is -0.497 e. The van der Waals surface area contributed by atoms with Crippen molar-refractivity contribution < 1.29 is 14.3 Å². The molecule has 0 unspecified atom stereocenters. The normalized spacial score (nSPS) is 12.9. The van der Waals surface area contributed by atoms with Crippen molar-refractivity contribution in [3.8, 4) is 11.5 Å². The Morgan fingerprint density at radius 2 is 1.71 bits per heavy atom. The summed E-state index contributed by atoms with van der Waals surface area (Å²) in [7, 11) is 3.52. The molecule has 2 atom stereocenters. The van der Waals surface area contributed by atoms with Gasteiger partial charge in [-0.25, -0.2) is 4.98 Å². The van der Waals surface area contributed by atoms with Crippen molar-refractivity contribution in [2.45, 2.75) is 26.0 Å². The summed E-state index contributed by atoms with van der Waals surface area (Å²) in [5.74, 6) is 1.93. The molecule has 1 N–H and O–H groups in total. The number of hydrogen-bond acceptors (Lipinski definition) is 4. The van der Waals surface area contributed by atoms with Crippen molar-refractivity contribution in [2.75, 3.05) is 7.11 Å². The first-order valence-electron chi connectivity index (χ1n) is 9.13. The third-order valence-corrected chi connectivity index (χ3v) is 4.56. The number of methoxy groups -OCH3 is 1. The second kappa shape index (κ2) is 8.61. The molecule has 1 heterocycles. The van der Waals surface area contributed by atoms with Crippen LogP contribution in [0.4, 0.5) is 0 Å². The van der Waals surface area contributed by atoms with E-state index < -0.39 is 12.1 Å². The second-order valence-corrected chi connectivity index (χ2v) is 6.68. The number of nitrogens with one attached hydrogen (secondary N) is 1. The summed E-state index contributed by atoms with van der Waals surface area (Å²) in [6.07, 6.45) is 2.91. The highest BCUT2D eigenvalue weighted by Crippen LogP contribution is 2.23. The van der Waals surface area contributed by atoms with E-state index in [2.05, 4.69) is 10.3 Å². The monoisotopic (exact) mass is 379 g/mol. The van der Waals surface area contributed by atoms with E-state index in [0.717, 1.165) is 22.7 Å². The summed E-state index contributed by atoms with van der Waals surface area (Å²) >= 11 is 0. The molecule has 1 aromatic heterocycles. The van der Waals surface area contributed by atoms with Crippen LogP contribution in [-0.2, 0) is 11.8 Å². The Balaban J connectivity index is 1.79. The summed E-state index contributed by atoms with van der Waals surface area (Å²) in [6, 6.07) is 14.8. The molecule has 0 saturated carbocycles. The molecule has 2 aromatic carbocycles. The fraction of sp³-hybridized carbons (Fsp3) is 0.273. The van der Waals surface area contributed by atoms with Crippen LogP contribution in [0.3, 0.4) is 0 Å². The van der Waals surface area contributed by atoms with Crippen molar-refractivity contribution in [1.29, 1.82) is 0 Å². The molecule has 0 spiro atoms. The summed E-state index contributed by atoms with van der Waals surface area (Å²) in [6.45, 7) is 3.74. The number of ether oxygens (including phenoxy) is 2. The van der Waals surface area contributed by atoms with Crippen LogP contribution in [0.5, 0.6) is 11.5 Å². The van der Waals surface area contributed by atoms with Crippen LogP contribution in [0, 0.1) is 6.92 Å². The lowest BCUT2D eigenvalue weighted by Gasteiger charge is -2.22. The van der Waals surface area contributed by atoms with Crippen molar-refractivity contribution in [2.24, 2.45) is 7.05 Å². The highest BCUT2D eigenvalue weighted by Gasteiger charge is 2.24. The van der Waals surface area contributed by atoms with Crippen LogP contribution in [-0.4, -0.2) is 28.7 Å². The molecule has 0 bridgehead atoms. The minimum absolute atomic E-state index is 0.218. The van der Waals surface area contributed by atoms with E-state index in [0.29, 0.717) is 5.75 Å². The maximum atomic E-state index is 12.8. The van der Waals surface area contributed by atoms with Crippen molar-refractivity contribution in [3.05, 3.63) is 77.9 Å². The average Bonchev–Trinajstić information content (AvgIpc) is 3.13. The molecule has 6 heteroatoms. The fourth-order valence-corrected chi connectivity index (χ4v) is 2.88. The molecule has 0 radical (unpaired) electrons. The lowest BCUT2D eigenvalue weighted by Crippen LogP contribution is -2.39.